The predicted octanol–water partition coefficient (Wildman–Crippen LogP) is 3.21. The van der Waals surface area contributed by atoms with Crippen LogP contribution in [0, 0.1) is 0 Å². The second-order valence-electron chi connectivity index (χ2n) is 6.94. The van der Waals surface area contributed by atoms with E-state index in [0.717, 1.165) is 5.56 Å². The zero-order valence-corrected chi connectivity index (χ0v) is 16.8. The highest BCUT2D eigenvalue weighted by atomic mass is 35.5. The Bertz CT molecular complexity index is 1190. The molecule has 5 rings (SSSR count). The van der Waals surface area contributed by atoms with Crippen LogP contribution in [-0.4, -0.2) is 47.7 Å². The molecule has 1 fully saturated rings. The van der Waals surface area contributed by atoms with Crippen LogP contribution in [-0.2, 0) is 6.54 Å². The molecule has 148 valence electrons. The van der Waals surface area contributed by atoms with Gasteiger partial charge < -0.3 is 15.5 Å². The van der Waals surface area contributed by atoms with Crippen LogP contribution in [0.5, 0.6) is 0 Å². The molecule has 9 heteroatoms. The normalized spacial score (nSPS) is 21.8. The van der Waals surface area contributed by atoms with Crippen LogP contribution >= 0.6 is 23.4 Å². The molecule has 0 saturated carbocycles. The average molecular weight is 428 g/mol. The van der Waals surface area contributed by atoms with Crippen LogP contribution in [0.25, 0.3) is 21.9 Å². The van der Waals surface area contributed by atoms with E-state index >= 15 is 0 Å². The number of fused-ring (bicyclic) bond motifs is 2. The van der Waals surface area contributed by atoms with Gasteiger partial charge in [0.05, 0.1) is 12.4 Å². The highest BCUT2D eigenvalue weighted by Crippen LogP contribution is 2.38. The lowest BCUT2D eigenvalue weighted by Gasteiger charge is -2.17. The van der Waals surface area contributed by atoms with E-state index < -0.39 is 12.2 Å². The molecule has 0 radical (unpaired) electrons. The van der Waals surface area contributed by atoms with E-state index in [0.29, 0.717) is 29.3 Å². The van der Waals surface area contributed by atoms with E-state index in [4.69, 9.17) is 11.6 Å². The van der Waals surface area contributed by atoms with Gasteiger partial charge in [0.1, 0.15) is 11.5 Å². The van der Waals surface area contributed by atoms with Crippen LogP contribution < -0.4 is 5.32 Å². The first-order chi connectivity index (χ1) is 14.1. The van der Waals surface area contributed by atoms with Gasteiger partial charge in [0.15, 0.2) is 17.0 Å². The van der Waals surface area contributed by atoms with Crippen LogP contribution in [0.3, 0.4) is 0 Å². The van der Waals surface area contributed by atoms with Crippen LogP contribution in [0.15, 0.2) is 48.8 Å². The molecule has 1 aliphatic heterocycles. The van der Waals surface area contributed by atoms with Crippen molar-refractivity contribution in [2.45, 2.75) is 24.1 Å². The Morgan fingerprint density at radius 2 is 1.97 bits per heavy atom. The Labute approximate surface area is 175 Å². The molecule has 1 saturated heterocycles. The number of imidazole rings is 1. The largest absolute Gasteiger partial charge is 0.389 e. The minimum atomic E-state index is -0.891. The molecule has 0 unspecified atom stereocenters. The summed E-state index contributed by atoms with van der Waals surface area (Å²) in [6, 6.07) is 14.4. The number of rotatable bonds is 4. The number of aromatic nitrogens is 4. The van der Waals surface area contributed by atoms with Crippen molar-refractivity contribution in [3.8, 4) is 0 Å². The fraction of sp³-hybridized carbons (Fsp3) is 0.250. The maximum atomic E-state index is 10.3. The van der Waals surface area contributed by atoms with Crippen molar-refractivity contribution in [2.75, 3.05) is 11.1 Å². The molecule has 4 aromatic rings. The Morgan fingerprint density at radius 1 is 1.14 bits per heavy atom. The molecule has 7 nitrogen and oxygen atoms in total. The molecule has 2 aromatic heterocycles. The Morgan fingerprint density at radius 3 is 2.79 bits per heavy atom. The third kappa shape index (κ3) is 3.32. The van der Waals surface area contributed by atoms with Crippen molar-refractivity contribution >= 4 is 51.1 Å². The number of nitrogens with zero attached hydrogens (tertiary/aromatic N) is 4. The SMILES string of the molecule is O[C@@H]1[C@H](n2cnc3c(NCc4cccc5ccccc45)nc(Cl)nc32)SC[C@@H]1O. The first kappa shape index (κ1) is 18.6. The van der Waals surface area contributed by atoms with Crippen molar-refractivity contribution < 1.29 is 10.2 Å². The highest BCUT2D eigenvalue weighted by molar-refractivity contribution is 7.99. The van der Waals surface area contributed by atoms with E-state index in [-0.39, 0.29) is 10.7 Å². The molecule has 0 spiro atoms. The van der Waals surface area contributed by atoms with Gasteiger partial charge in [0.2, 0.25) is 5.28 Å². The number of halogens is 1. The van der Waals surface area contributed by atoms with Crippen LogP contribution in [0.4, 0.5) is 5.82 Å². The summed E-state index contributed by atoms with van der Waals surface area (Å²) < 4.78 is 1.75. The van der Waals surface area contributed by atoms with Crippen molar-refractivity contribution in [1.29, 1.82) is 0 Å². The zero-order valence-electron chi connectivity index (χ0n) is 15.2. The molecule has 2 aromatic carbocycles. The number of aliphatic hydroxyl groups is 2. The first-order valence-electron chi connectivity index (χ1n) is 9.20. The zero-order chi connectivity index (χ0) is 20.0. The predicted molar refractivity (Wildman–Crippen MR) is 115 cm³/mol. The van der Waals surface area contributed by atoms with E-state index in [1.54, 1.807) is 10.9 Å². The Hall–Kier alpha value is -2.39. The topological polar surface area (TPSA) is 96.1 Å². The summed E-state index contributed by atoms with van der Waals surface area (Å²) in [6.45, 7) is 0.552. The van der Waals surface area contributed by atoms with Gasteiger partial charge in [-0.1, -0.05) is 42.5 Å². The Kier molecular flexibility index (Phi) is 4.79. The second kappa shape index (κ2) is 7.46. The summed E-state index contributed by atoms with van der Waals surface area (Å²) in [7, 11) is 0. The van der Waals surface area contributed by atoms with Crippen molar-refractivity contribution in [2.24, 2.45) is 0 Å². The quantitative estimate of drug-likeness (QED) is 0.430. The molecule has 3 atom stereocenters. The van der Waals surface area contributed by atoms with Crippen LogP contribution in [0.2, 0.25) is 5.28 Å². The minimum Gasteiger partial charge on any atom is -0.389 e. The summed E-state index contributed by atoms with van der Waals surface area (Å²) in [5, 5.41) is 25.5. The number of thioether (sulfide) groups is 1. The van der Waals surface area contributed by atoms with E-state index in [1.807, 2.05) is 18.2 Å². The maximum absolute atomic E-state index is 10.3. The lowest BCUT2D eigenvalue weighted by molar-refractivity contribution is 0.0313. The Balaban J connectivity index is 1.49. The average Bonchev–Trinajstić information content (AvgIpc) is 3.29. The number of benzene rings is 2. The lowest BCUT2D eigenvalue weighted by Crippen LogP contribution is -2.27. The second-order valence-corrected chi connectivity index (χ2v) is 8.43. The smallest absolute Gasteiger partial charge is 0.226 e. The molecular formula is C20H18ClN5O2S. The van der Waals surface area contributed by atoms with E-state index in [2.05, 4.69) is 44.5 Å². The molecule has 29 heavy (non-hydrogen) atoms. The minimum absolute atomic E-state index is 0.0951. The van der Waals surface area contributed by atoms with E-state index in [1.165, 1.54) is 22.5 Å². The number of nitrogens with one attached hydrogen (secondary N) is 1. The van der Waals surface area contributed by atoms with E-state index in [9.17, 15) is 10.2 Å². The van der Waals surface area contributed by atoms with Gasteiger partial charge >= 0.3 is 0 Å². The van der Waals surface area contributed by atoms with Gasteiger partial charge in [0, 0.05) is 12.3 Å². The fourth-order valence-corrected chi connectivity index (χ4v) is 5.10. The van der Waals surface area contributed by atoms with Gasteiger partial charge in [-0.2, -0.15) is 9.97 Å². The van der Waals surface area contributed by atoms with Gasteiger partial charge in [0.25, 0.3) is 0 Å². The third-order valence-corrected chi connectivity index (χ3v) is 6.67. The molecule has 0 aliphatic carbocycles. The highest BCUT2D eigenvalue weighted by Gasteiger charge is 2.36. The van der Waals surface area contributed by atoms with Crippen LogP contribution in [0.1, 0.15) is 10.9 Å². The summed E-state index contributed by atoms with van der Waals surface area (Å²) in [6.07, 6.45) is -0.0560. The van der Waals surface area contributed by atoms with Gasteiger partial charge in [-0.3, -0.25) is 4.57 Å². The molecule has 3 N–H and O–H groups in total. The molecular weight excluding hydrogens is 410 g/mol. The monoisotopic (exact) mass is 427 g/mol. The first-order valence-corrected chi connectivity index (χ1v) is 10.6. The number of aliphatic hydroxyl groups excluding tert-OH is 2. The van der Waals surface area contributed by atoms with Gasteiger partial charge in [-0.05, 0) is 27.9 Å². The molecule has 0 amide bonds. The van der Waals surface area contributed by atoms with Crippen molar-refractivity contribution in [3.05, 3.63) is 59.6 Å². The van der Waals surface area contributed by atoms with Crippen molar-refractivity contribution in [1.82, 2.24) is 19.5 Å². The molecule has 0 bridgehead atoms. The van der Waals surface area contributed by atoms with Gasteiger partial charge in [-0.25, -0.2) is 4.98 Å². The standard InChI is InChI=1S/C20H18ClN5O2S/c21-20-24-17(22-8-12-6-3-5-11-4-1-2-7-13(11)12)15-18(25-20)26(10-23-15)19-16(28)14(27)9-29-19/h1-7,10,14,16,19,27-28H,8-9H2,(H,22,24,25)/t14-,16-,19+/m0/s1. The lowest BCUT2D eigenvalue weighted by atomic mass is 10.0. The summed E-state index contributed by atoms with van der Waals surface area (Å²) in [5.74, 6) is 0.987. The van der Waals surface area contributed by atoms with Crippen molar-refractivity contribution in [3.63, 3.8) is 0 Å². The summed E-state index contributed by atoms with van der Waals surface area (Å²) >= 11 is 7.63. The third-order valence-electron chi connectivity index (χ3n) is 5.12. The number of hydrogen-bond acceptors (Lipinski definition) is 7. The maximum Gasteiger partial charge on any atom is 0.226 e. The number of hydrogen-bond donors (Lipinski definition) is 3. The molecule has 1 aliphatic rings. The fourth-order valence-electron chi connectivity index (χ4n) is 3.65. The number of anilines is 1. The van der Waals surface area contributed by atoms with Gasteiger partial charge in [-0.15, -0.1) is 11.8 Å². The molecule has 3 heterocycles. The summed E-state index contributed by atoms with van der Waals surface area (Å²) in [5.41, 5.74) is 2.23. The summed E-state index contributed by atoms with van der Waals surface area (Å²) in [4.78, 5) is 13.1.